The van der Waals surface area contributed by atoms with Crippen molar-refractivity contribution < 1.29 is 39.3 Å². The predicted octanol–water partition coefficient (Wildman–Crippen LogP) is 0.0761. The fourth-order valence-electron chi connectivity index (χ4n) is 0.551. The molecule has 0 bridgehead atoms. The molecule has 0 unspecified atom stereocenters. The van der Waals surface area contributed by atoms with Crippen LogP contribution in [0.5, 0.6) is 0 Å². The molecule has 0 saturated carbocycles. The Labute approximate surface area is 97.5 Å². The summed E-state index contributed by atoms with van der Waals surface area (Å²) in [6, 6.07) is 0. The molecule has 0 aromatic carbocycles. The van der Waals surface area contributed by atoms with Gasteiger partial charge in [0.05, 0.1) is 0 Å². The minimum atomic E-state index is -0.956. The number of hydrogen-bond acceptors (Lipinski definition) is 4. The van der Waals surface area contributed by atoms with E-state index in [1.54, 1.807) is 0 Å². The van der Waals surface area contributed by atoms with Crippen LogP contribution in [0.15, 0.2) is 34.5 Å². The third-order valence-electron chi connectivity index (χ3n) is 1.33. The van der Waals surface area contributed by atoms with Crippen LogP contribution in [-0.2, 0) is 29.1 Å². The number of nitrogens with zero attached hydrogens (tertiary/aromatic N) is 2. The van der Waals surface area contributed by atoms with Crippen LogP contribution in [0.2, 0.25) is 0 Å². The van der Waals surface area contributed by atoms with Gasteiger partial charge in [0.15, 0.2) is 0 Å². The van der Waals surface area contributed by atoms with Gasteiger partial charge in [-0.2, -0.15) is 0 Å². The first-order chi connectivity index (χ1) is 6.61. The zero-order valence-electron chi connectivity index (χ0n) is 7.62. The number of aliphatic imine (C=N–C) groups is 2. The second kappa shape index (κ2) is 5.98. The van der Waals surface area contributed by atoms with Gasteiger partial charge in [0.25, 0.3) is 0 Å². The van der Waals surface area contributed by atoms with E-state index in [1.807, 2.05) is 0 Å². The average molecular weight is 260 g/mol. The smallest absolute Gasteiger partial charge is 0.354 e. The summed E-state index contributed by atoms with van der Waals surface area (Å²) in [4.78, 5) is 26.4. The monoisotopic (exact) mass is 258 g/mol. The molecule has 6 nitrogen and oxygen atoms in total. The van der Waals surface area contributed by atoms with Crippen molar-refractivity contribution in [2.75, 3.05) is 0 Å². The Morgan fingerprint density at radius 2 is 1.20 bits per heavy atom. The van der Waals surface area contributed by atoms with Gasteiger partial charge in [-0.15, -0.1) is 0 Å². The fraction of sp³-hybridized carbons (Fsp3) is 0. The molecule has 0 aliphatic carbocycles. The molecule has 0 saturated heterocycles. The van der Waals surface area contributed by atoms with Crippen molar-refractivity contribution in [3.05, 3.63) is 24.6 Å². The Morgan fingerprint density at radius 1 is 0.933 bits per heavy atom. The maximum Gasteiger partial charge on any atom is 0.354 e. The molecule has 2 aliphatic heterocycles. The third kappa shape index (κ3) is 3.95. The van der Waals surface area contributed by atoms with E-state index < -0.39 is 11.9 Å². The molecular weight excluding hydrogens is 253 g/mol. The van der Waals surface area contributed by atoms with Gasteiger partial charge in [0.2, 0.25) is 0 Å². The van der Waals surface area contributed by atoms with E-state index >= 15 is 0 Å². The zero-order chi connectivity index (χ0) is 10.6. The van der Waals surface area contributed by atoms with E-state index in [-0.39, 0.29) is 30.9 Å². The van der Waals surface area contributed by atoms with Crippen molar-refractivity contribution in [3.8, 4) is 0 Å². The second-order valence-corrected chi connectivity index (χ2v) is 2.27. The average Bonchev–Trinajstić information content (AvgIpc) is 1.74. The first-order valence-corrected chi connectivity index (χ1v) is 3.56. The molecule has 0 atom stereocenters. The number of hydrogen-bond donors (Lipinski definition) is 2. The summed E-state index contributed by atoms with van der Waals surface area (Å²) in [5, 5.41) is 16.1. The number of carbonyl (C=O) groups is 2. The summed E-state index contributed by atoms with van der Waals surface area (Å²) in [5.74, 6) is -1.91. The summed E-state index contributed by atoms with van der Waals surface area (Å²) in [6.07, 6.45) is 5.79. The molecule has 2 heterocycles. The summed E-state index contributed by atoms with van der Waals surface area (Å²) < 4.78 is 0. The van der Waals surface area contributed by atoms with Gasteiger partial charge in [-0.3, -0.25) is 0 Å². The molecule has 2 rings (SSSR count). The van der Waals surface area contributed by atoms with E-state index in [0.29, 0.717) is 0 Å². The number of aliphatic carboxylic acids is 2. The van der Waals surface area contributed by atoms with Crippen LogP contribution in [-0.4, -0.2) is 33.6 Å². The topological polar surface area (TPSA) is 99.3 Å². The summed E-state index contributed by atoms with van der Waals surface area (Å²) in [6.45, 7) is 0. The van der Waals surface area contributed by atoms with Gasteiger partial charge in [0.1, 0.15) is 11.4 Å². The van der Waals surface area contributed by atoms with E-state index in [9.17, 15) is 9.59 Å². The number of carboxylic acid groups (broad SMARTS) is 2. The van der Waals surface area contributed by atoms with E-state index in [0.717, 1.165) is 0 Å². The minimum absolute atomic E-state index is 0. The quantitative estimate of drug-likeness (QED) is 0.686. The van der Waals surface area contributed by atoms with Gasteiger partial charge in [-0.05, 0) is 12.2 Å². The first kappa shape index (κ1) is 13.4. The van der Waals surface area contributed by atoms with Gasteiger partial charge in [0, 0.05) is 31.9 Å². The Bertz CT molecular complexity index is 357. The Balaban J connectivity index is 0.000000245. The molecule has 74 valence electrons. The van der Waals surface area contributed by atoms with E-state index in [2.05, 4.69) is 9.98 Å². The standard InChI is InChI=1S/2C4H3NO2.Zn/c2*6-4(7)3-1-2-5-3;/h2*1-2H,(H,6,7);. The van der Waals surface area contributed by atoms with Crippen molar-refractivity contribution in [2.45, 2.75) is 0 Å². The van der Waals surface area contributed by atoms with Crippen LogP contribution >= 0.6 is 0 Å². The molecule has 15 heavy (non-hydrogen) atoms. The molecule has 0 aromatic rings. The molecular formula is C8H6N2O4Zn. The van der Waals surface area contributed by atoms with Crippen LogP contribution in [0, 0.1) is 0 Å². The summed E-state index contributed by atoms with van der Waals surface area (Å²) in [7, 11) is 0. The largest absolute Gasteiger partial charge is 0.477 e. The molecule has 0 radical (unpaired) electrons. The zero-order valence-corrected chi connectivity index (χ0v) is 10.6. The van der Waals surface area contributed by atoms with Crippen LogP contribution in [0.1, 0.15) is 0 Å². The molecule has 2 aliphatic rings. The summed E-state index contributed by atoms with van der Waals surface area (Å²) in [5.41, 5.74) is 0.278. The van der Waals surface area contributed by atoms with Crippen LogP contribution in [0.3, 0.4) is 0 Å². The van der Waals surface area contributed by atoms with Crippen molar-refractivity contribution in [1.29, 1.82) is 0 Å². The van der Waals surface area contributed by atoms with Crippen molar-refractivity contribution in [1.82, 2.24) is 0 Å². The molecule has 0 spiro atoms. The molecule has 0 amide bonds. The fourth-order valence-corrected chi connectivity index (χ4v) is 0.551. The van der Waals surface area contributed by atoms with E-state index in [1.165, 1.54) is 24.6 Å². The Hall–Kier alpha value is -1.62. The number of carboxylic acids is 2. The Morgan fingerprint density at radius 3 is 1.20 bits per heavy atom. The third-order valence-corrected chi connectivity index (χ3v) is 1.33. The maximum atomic E-state index is 9.80. The number of rotatable bonds is 2. The van der Waals surface area contributed by atoms with E-state index in [4.69, 9.17) is 10.2 Å². The normalized spacial score (nSPS) is 14.1. The molecule has 0 aromatic heterocycles. The maximum absolute atomic E-state index is 9.80. The first-order valence-electron chi connectivity index (χ1n) is 3.56. The van der Waals surface area contributed by atoms with Gasteiger partial charge in [-0.1, -0.05) is 0 Å². The van der Waals surface area contributed by atoms with Crippen molar-refractivity contribution in [3.63, 3.8) is 0 Å². The second-order valence-electron chi connectivity index (χ2n) is 2.27. The minimum Gasteiger partial charge on any atom is -0.477 e. The van der Waals surface area contributed by atoms with Crippen molar-refractivity contribution in [2.24, 2.45) is 9.98 Å². The molecule has 7 heteroatoms. The van der Waals surface area contributed by atoms with Gasteiger partial charge >= 0.3 is 11.9 Å². The van der Waals surface area contributed by atoms with Crippen LogP contribution in [0.25, 0.3) is 0 Å². The van der Waals surface area contributed by atoms with Gasteiger partial charge in [-0.25, -0.2) is 19.6 Å². The molecule has 0 fully saturated rings. The van der Waals surface area contributed by atoms with Crippen molar-refractivity contribution >= 4 is 23.4 Å². The predicted molar refractivity (Wildman–Crippen MR) is 48.4 cm³/mol. The SMILES string of the molecule is O=C(O)C1=NC=C1.O=C(O)C1=NC=C1.[Zn]. The Kier molecular flexibility index (Phi) is 5.33. The van der Waals surface area contributed by atoms with Crippen LogP contribution in [0.4, 0.5) is 0 Å². The summed E-state index contributed by atoms with van der Waals surface area (Å²) >= 11 is 0. The van der Waals surface area contributed by atoms with Gasteiger partial charge < -0.3 is 10.2 Å². The van der Waals surface area contributed by atoms with Crippen LogP contribution < -0.4 is 0 Å². The molecule has 2 N–H and O–H groups in total.